The number of hydrogen-bond acceptors (Lipinski definition) is 12. The Labute approximate surface area is 472 Å². The zero-order chi connectivity index (χ0) is 57.5. The van der Waals surface area contributed by atoms with Crippen LogP contribution in [-0.4, -0.2) is 162 Å². The molecule has 426 valence electrons. The lowest BCUT2D eigenvalue weighted by Crippen LogP contribution is -2.54. The smallest absolute Gasteiger partial charge is 0.409 e. The maximum absolute atomic E-state index is 14.5. The number of fused-ring (bicyclic) bond motifs is 4. The minimum Gasteiger partial charge on any atom is -0.409 e. The lowest BCUT2D eigenvalue weighted by atomic mass is 9.95. The van der Waals surface area contributed by atoms with Gasteiger partial charge in [-0.25, -0.2) is 9.59 Å². The first-order valence-electron chi connectivity index (χ1n) is 26.8. The van der Waals surface area contributed by atoms with Gasteiger partial charge >= 0.3 is 12.1 Å². The van der Waals surface area contributed by atoms with E-state index in [4.69, 9.17) is 10.5 Å². The van der Waals surface area contributed by atoms with E-state index < -0.39 is 48.7 Å². The standard InChI is InChI=1S/C57H71BrN12O10/c1-5-10-49(73)69(34-71)24-9-14-48(72)60-22-23-61-51(35(2)3)54(76)66-44(13-8-21-62-56(59)78)53(75)63-39-17-15-36(16-18-39)52(74)64-40-19-20-43-37(29-40)30-45(65-43)55(77)70-33-38(32-58)50-42-12-7-6-11-41(42)47(31-46(50)70)80-57(79)68-27-25-67(4)26-28-68/h5-7,10-12,15-20,29-31,35,38,44,51,61,65,71H,8-9,13-14,21-28,32-34H2,1-4H3,(H,60,72)(H,63,75)(H,64,74)(H,66,76)(H3,59,62,78)/b10-5-/t38-,44+,51+/m1/s1. The van der Waals surface area contributed by atoms with Crippen LogP contribution in [0.25, 0.3) is 21.7 Å². The van der Waals surface area contributed by atoms with Crippen LogP contribution in [0.4, 0.5) is 26.7 Å². The molecule has 3 heterocycles. The van der Waals surface area contributed by atoms with Crippen molar-refractivity contribution in [1.82, 2.24) is 41.0 Å². The Kier molecular flexibility index (Phi) is 21.2. The molecule has 3 atom stereocenters. The Hall–Kier alpha value is -7.86. The summed E-state index contributed by atoms with van der Waals surface area (Å²) in [7, 11) is 2.02. The molecule has 7 rings (SSSR count). The van der Waals surface area contributed by atoms with E-state index in [9.17, 15) is 43.5 Å². The van der Waals surface area contributed by atoms with E-state index in [1.54, 1.807) is 77.4 Å². The van der Waals surface area contributed by atoms with Gasteiger partial charge in [0.25, 0.3) is 11.8 Å². The second-order valence-corrected chi connectivity index (χ2v) is 20.8. The van der Waals surface area contributed by atoms with Crippen molar-refractivity contribution in [1.29, 1.82) is 0 Å². The number of ether oxygens (including phenoxy) is 1. The number of nitrogens with two attached hydrogens (primary N) is 1. The van der Waals surface area contributed by atoms with Crippen molar-refractivity contribution < 1.29 is 48.2 Å². The van der Waals surface area contributed by atoms with Gasteiger partial charge in [-0.15, -0.1) is 0 Å². The van der Waals surface area contributed by atoms with Crippen molar-refractivity contribution in [2.75, 3.05) is 93.5 Å². The number of halogens is 1. The van der Waals surface area contributed by atoms with Crippen LogP contribution in [0.2, 0.25) is 0 Å². The highest BCUT2D eigenvalue weighted by atomic mass is 79.9. The normalized spacial score (nSPS) is 15.1. The monoisotopic (exact) mass is 1160 g/mol. The molecule has 0 saturated carbocycles. The molecular formula is C57H71BrN12O10. The lowest BCUT2D eigenvalue weighted by molar-refractivity contribution is -0.130. The highest BCUT2D eigenvalue weighted by Crippen LogP contribution is 2.46. The van der Waals surface area contributed by atoms with Gasteiger partial charge in [-0.05, 0) is 105 Å². The third kappa shape index (κ3) is 15.5. The predicted molar refractivity (Wildman–Crippen MR) is 310 cm³/mol. The molecule has 0 unspecified atom stereocenters. The maximum atomic E-state index is 14.5. The Morgan fingerprint density at radius 2 is 1.59 bits per heavy atom. The van der Waals surface area contributed by atoms with E-state index >= 15 is 0 Å². The summed E-state index contributed by atoms with van der Waals surface area (Å²) < 4.78 is 6.08. The molecule has 0 aliphatic carbocycles. The quantitative estimate of drug-likeness (QED) is 0.0167. The number of rotatable bonds is 24. The number of nitrogens with zero attached hydrogens (tertiary/aromatic N) is 4. The fourth-order valence-corrected chi connectivity index (χ4v) is 10.2. The zero-order valence-electron chi connectivity index (χ0n) is 45.4. The molecule has 1 saturated heterocycles. The molecule has 1 aromatic heterocycles. The number of aliphatic hydroxyl groups excluding tert-OH is 1. The van der Waals surface area contributed by atoms with Crippen LogP contribution in [0.3, 0.4) is 0 Å². The summed E-state index contributed by atoms with van der Waals surface area (Å²) >= 11 is 3.68. The summed E-state index contributed by atoms with van der Waals surface area (Å²) in [6, 6.07) is 20.3. The van der Waals surface area contributed by atoms with E-state index in [-0.39, 0.29) is 74.1 Å². The van der Waals surface area contributed by atoms with Crippen molar-refractivity contribution in [3.63, 3.8) is 0 Å². The number of carbonyl (C=O) groups is 8. The molecule has 22 nitrogen and oxygen atoms in total. The number of nitrogens with one attached hydrogen (secondary N) is 7. The first-order chi connectivity index (χ1) is 38.5. The summed E-state index contributed by atoms with van der Waals surface area (Å²) in [6.45, 7) is 8.70. The maximum Gasteiger partial charge on any atom is 0.415 e. The van der Waals surface area contributed by atoms with Gasteiger partial charge in [0.1, 0.15) is 24.2 Å². The van der Waals surface area contributed by atoms with Gasteiger partial charge in [0.05, 0.1) is 11.7 Å². The van der Waals surface area contributed by atoms with Crippen LogP contribution in [0.1, 0.15) is 78.8 Å². The molecule has 23 heteroatoms. The minimum absolute atomic E-state index is 0.0310. The molecule has 2 aliphatic heterocycles. The van der Waals surface area contributed by atoms with Gasteiger partial charge < -0.3 is 72.1 Å². The van der Waals surface area contributed by atoms with Gasteiger partial charge in [-0.2, -0.15) is 0 Å². The van der Waals surface area contributed by atoms with Crippen LogP contribution in [-0.2, 0) is 19.2 Å². The van der Waals surface area contributed by atoms with Crippen molar-refractivity contribution in [3.8, 4) is 5.75 Å². The SMILES string of the molecule is C/C=C\C(=O)N(CO)CCCC(=O)NCCN[C@H](C(=O)N[C@@H](CCCNC(N)=O)C(=O)Nc1ccc(C(=O)Nc2ccc3[nH]c(C(=O)N4C[C@@H](CBr)c5c4cc(OC(=O)N4CCN(C)CC4)c4ccccc54)cc3c2)cc1)C(C)C. The summed E-state index contributed by atoms with van der Waals surface area (Å²) in [5.74, 6) is -2.16. The number of H-pyrrole nitrogens is 1. The summed E-state index contributed by atoms with van der Waals surface area (Å²) in [4.78, 5) is 115. The number of hydrogen-bond donors (Lipinski definition) is 9. The number of aromatic amines is 1. The zero-order valence-corrected chi connectivity index (χ0v) is 47.0. The van der Waals surface area contributed by atoms with E-state index in [2.05, 4.69) is 57.7 Å². The van der Waals surface area contributed by atoms with Gasteiger partial charge in [0.15, 0.2) is 0 Å². The van der Waals surface area contributed by atoms with E-state index in [1.807, 2.05) is 45.2 Å². The van der Waals surface area contributed by atoms with Crippen molar-refractivity contribution >= 4 is 102 Å². The van der Waals surface area contributed by atoms with Crippen LogP contribution in [0.5, 0.6) is 5.75 Å². The third-order valence-corrected chi connectivity index (χ3v) is 14.8. The number of primary amides is 1. The largest absolute Gasteiger partial charge is 0.415 e. The third-order valence-electron chi connectivity index (χ3n) is 14.0. The number of amides is 9. The van der Waals surface area contributed by atoms with Crippen molar-refractivity contribution in [2.24, 2.45) is 11.7 Å². The number of aromatic nitrogens is 1. The summed E-state index contributed by atoms with van der Waals surface area (Å²) in [5.41, 5.74) is 9.02. The number of allylic oxidation sites excluding steroid dienone is 1. The Balaban J connectivity index is 0.955. The number of carbonyl (C=O) groups excluding carboxylic acids is 8. The van der Waals surface area contributed by atoms with Crippen LogP contribution >= 0.6 is 15.9 Å². The molecule has 5 aromatic rings. The molecule has 80 heavy (non-hydrogen) atoms. The molecule has 0 spiro atoms. The molecule has 1 fully saturated rings. The molecule has 0 bridgehead atoms. The van der Waals surface area contributed by atoms with Crippen LogP contribution in [0, 0.1) is 5.92 Å². The van der Waals surface area contributed by atoms with E-state index in [0.717, 1.165) is 29.4 Å². The van der Waals surface area contributed by atoms with Crippen molar-refractivity contribution in [2.45, 2.75) is 64.5 Å². The number of aliphatic hydroxyl groups is 1. The topological polar surface area (TPSA) is 293 Å². The van der Waals surface area contributed by atoms with Gasteiger partial charge in [0, 0.05) is 116 Å². The van der Waals surface area contributed by atoms with Crippen LogP contribution < -0.4 is 47.3 Å². The molecule has 10 N–H and O–H groups in total. The van der Waals surface area contributed by atoms with Gasteiger partial charge in [-0.3, -0.25) is 28.8 Å². The second-order valence-electron chi connectivity index (χ2n) is 20.2. The van der Waals surface area contributed by atoms with Gasteiger partial charge in [0.2, 0.25) is 23.6 Å². The summed E-state index contributed by atoms with van der Waals surface area (Å²) in [6.07, 6.45) is 3.39. The number of likely N-dealkylation sites (N-methyl/N-ethyl adjacent to an activating group) is 1. The fraction of sp³-hybridized carbons (Fsp3) is 0.404. The minimum atomic E-state index is -1.03. The van der Waals surface area contributed by atoms with Gasteiger partial charge in [-0.1, -0.05) is 60.1 Å². The highest BCUT2D eigenvalue weighted by Gasteiger charge is 2.36. The first-order valence-corrected chi connectivity index (χ1v) is 27.9. The molecule has 9 amide bonds. The lowest BCUT2D eigenvalue weighted by Gasteiger charge is -2.31. The molecule has 2 aliphatic rings. The average Bonchev–Trinajstić information content (AvgIpc) is 4.16. The van der Waals surface area contributed by atoms with E-state index in [0.29, 0.717) is 77.2 Å². The number of anilines is 3. The highest BCUT2D eigenvalue weighted by molar-refractivity contribution is 9.09. The van der Waals surface area contributed by atoms with E-state index in [1.165, 1.54) is 11.0 Å². The predicted octanol–water partition coefficient (Wildman–Crippen LogP) is 5.20. The Bertz CT molecular complexity index is 3090. The Morgan fingerprint density at radius 1 is 0.863 bits per heavy atom. The van der Waals surface area contributed by atoms with Crippen LogP contribution in [0.15, 0.2) is 91.0 Å². The number of benzene rings is 4. The van der Waals surface area contributed by atoms with Crippen molar-refractivity contribution in [3.05, 3.63) is 108 Å². The molecule has 4 aromatic carbocycles. The number of alkyl halides is 1. The molecular weight excluding hydrogens is 1090 g/mol. The number of urea groups is 1. The second kappa shape index (κ2) is 28.3. The first kappa shape index (κ1) is 59.8. The number of piperazine rings is 1. The fourth-order valence-electron chi connectivity index (χ4n) is 9.70. The summed E-state index contributed by atoms with van der Waals surface area (Å²) in [5, 5.41) is 29.4. The molecule has 0 radical (unpaired) electrons. The Morgan fingerprint density at radius 3 is 2.27 bits per heavy atom. The average molecular weight is 1160 g/mol.